The number of hydrogen-bond acceptors (Lipinski definition) is 5. The Kier molecular flexibility index (Phi) is 6.01. The third-order valence-corrected chi connectivity index (χ3v) is 7.63. The van der Waals surface area contributed by atoms with Gasteiger partial charge in [0.1, 0.15) is 0 Å². The average Bonchev–Trinajstić information content (AvgIpc) is 3.35. The minimum absolute atomic E-state index is 0. The minimum Gasteiger partial charge on any atom is -0.454 e. The number of likely N-dealkylation sites (tertiary alicyclic amines) is 1. The fraction of sp³-hybridized carbons (Fsp3) is 0.714. The van der Waals surface area contributed by atoms with E-state index in [4.69, 9.17) is 9.47 Å². The van der Waals surface area contributed by atoms with Gasteiger partial charge in [-0.05, 0) is 75.5 Å². The molecule has 0 aromatic heterocycles. The molecule has 1 aromatic rings. The van der Waals surface area contributed by atoms with Crippen molar-refractivity contribution >= 4 is 24.8 Å². The van der Waals surface area contributed by atoms with Gasteiger partial charge in [-0.2, -0.15) is 0 Å². The Balaban J connectivity index is 0.000000961. The molecule has 28 heavy (non-hydrogen) atoms. The molecule has 3 atom stereocenters. The molecule has 6 heterocycles. The fourth-order valence-corrected chi connectivity index (χ4v) is 6.45. The maximum Gasteiger partial charge on any atom is 0.231 e. The molecule has 6 aliphatic heterocycles. The molecule has 0 unspecified atom stereocenters. The van der Waals surface area contributed by atoms with Crippen molar-refractivity contribution in [3.63, 3.8) is 0 Å². The molecule has 0 amide bonds. The van der Waals surface area contributed by atoms with Gasteiger partial charge in [-0.15, -0.1) is 24.8 Å². The van der Waals surface area contributed by atoms with Crippen LogP contribution in [0.15, 0.2) is 18.2 Å². The van der Waals surface area contributed by atoms with Crippen LogP contribution in [0.5, 0.6) is 11.5 Å². The quantitative estimate of drug-likeness (QED) is 0.784. The zero-order valence-corrected chi connectivity index (χ0v) is 17.9. The monoisotopic (exact) mass is 427 g/mol. The lowest BCUT2D eigenvalue weighted by Gasteiger charge is -2.52. The smallest absolute Gasteiger partial charge is 0.231 e. The lowest BCUT2D eigenvalue weighted by Crippen LogP contribution is -2.61. The second-order valence-electron chi connectivity index (χ2n) is 8.75. The molecule has 0 saturated carbocycles. The Morgan fingerprint density at radius 2 is 1.64 bits per heavy atom. The Morgan fingerprint density at radius 3 is 2.43 bits per heavy atom. The summed E-state index contributed by atoms with van der Waals surface area (Å²) in [5.41, 5.74) is 1.45. The lowest BCUT2D eigenvalue weighted by atomic mass is 9.75. The summed E-state index contributed by atoms with van der Waals surface area (Å²) in [6.45, 7) is 6.54. The molecular formula is C21H31Cl2N3O2. The van der Waals surface area contributed by atoms with Gasteiger partial charge in [-0.25, -0.2) is 0 Å². The predicted octanol–water partition coefficient (Wildman–Crippen LogP) is 2.87. The van der Waals surface area contributed by atoms with Crippen LogP contribution in [0.1, 0.15) is 37.2 Å². The summed E-state index contributed by atoms with van der Waals surface area (Å²) in [6, 6.07) is 8.90. The van der Waals surface area contributed by atoms with E-state index in [1.807, 2.05) is 0 Å². The highest BCUT2D eigenvalue weighted by Crippen LogP contribution is 2.49. The molecule has 0 radical (unpaired) electrons. The molecule has 156 valence electrons. The highest BCUT2D eigenvalue weighted by Gasteiger charge is 2.54. The highest BCUT2D eigenvalue weighted by molar-refractivity contribution is 5.85. The number of halogens is 2. The van der Waals surface area contributed by atoms with Crippen molar-refractivity contribution in [2.45, 2.75) is 49.7 Å². The molecule has 2 bridgehead atoms. The normalized spacial score (nSPS) is 36.5. The van der Waals surface area contributed by atoms with Crippen molar-refractivity contribution in [2.24, 2.45) is 5.92 Å². The summed E-state index contributed by atoms with van der Waals surface area (Å²) >= 11 is 0. The van der Waals surface area contributed by atoms with E-state index in [9.17, 15) is 0 Å². The van der Waals surface area contributed by atoms with Crippen molar-refractivity contribution < 1.29 is 9.47 Å². The van der Waals surface area contributed by atoms with E-state index in [-0.39, 0.29) is 24.8 Å². The van der Waals surface area contributed by atoms with Crippen LogP contribution in [0, 0.1) is 5.92 Å². The average molecular weight is 428 g/mol. The van der Waals surface area contributed by atoms with Crippen LogP contribution < -0.4 is 14.8 Å². The molecule has 1 N–H and O–H groups in total. The van der Waals surface area contributed by atoms with E-state index in [2.05, 4.69) is 33.3 Å². The van der Waals surface area contributed by atoms with Gasteiger partial charge >= 0.3 is 0 Å². The third kappa shape index (κ3) is 3.20. The maximum atomic E-state index is 5.68. The van der Waals surface area contributed by atoms with Gasteiger partial charge in [0.05, 0.1) is 0 Å². The second kappa shape index (κ2) is 8.19. The Bertz CT molecular complexity index is 692. The van der Waals surface area contributed by atoms with Crippen LogP contribution in [0.2, 0.25) is 0 Å². The molecule has 0 aliphatic carbocycles. The van der Waals surface area contributed by atoms with E-state index >= 15 is 0 Å². The van der Waals surface area contributed by atoms with Crippen LogP contribution in [-0.2, 0) is 0 Å². The second-order valence-corrected chi connectivity index (χ2v) is 8.75. The standard InChI is InChI=1S/C21H29N3O2.2ClH/c1-2-18-19(26-13-25-18)11-15(1)17-12-24(16-3-7-22-8-4-16)20-14-5-9-23(10-6-14)21(17)20;;/h1-2,11,14,16-17,20-22H,3-10,12-13H2;2*1H/t17-,20+,21+;;/m0../s1. The molecule has 7 heteroatoms. The number of fused-ring (bicyclic) bond motifs is 3. The van der Waals surface area contributed by atoms with Crippen molar-refractivity contribution in [1.82, 2.24) is 15.1 Å². The van der Waals surface area contributed by atoms with Crippen molar-refractivity contribution in [3.05, 3.63) is 23.8 Å². The Hall–Kier alpha value is -0.720. The molecular weight excluding hydrogens is 397 g/mol. The third-order valence-electron chi connectivity index (χ3n) is 7.63. The molecule has 5 nitrogen and oxygen atoms in total. The molecule has 6 aliphatic rings. The predicted molar refractivity (Wildman–Crippen MR) is 114 cm³/mol. The van der Waals surface area contributed by atoms with Gasteiger partial charge in [0.15, 0.2) is 11.5 Å². The first kappa shape index (κ1) is 20.5. The number of rotatable bonds is 2. The van der Waals surface area contributed by atoms with Crippen molar-refractivity contribution in [3.8, 4) is 11.5 Å². The number of hydrogen-bond donors (Lipinski definition) is 1. The van der Waals surface area contributed by atoms with Crippen LogP contribution in [-0.4, -0.2) is 67.4 Å². The Labute approximate surface area is 179 Å². The molecule has 7 rings (SSSR count). The van der Waals surface area contributed by atoms with Gasteiger partial charge in [0.25, 0.3) is 0 Å². The summed E-state index contributed by atoms with van der Waals surface area (Å²) < 4.78 is 11.2. The van der Waals surface area contributed by atoms with Crippen LogP contribution >= 0.6 is 24.8 Å². The van der Waals surface area contributed by atoms with Gasteiger partial charge in [-0.1, -0.05) is 6.07 Å². The van der Waals surface area contributed by atoms with E-state index in [1.165, 1.54) is 64.0 Å². The van der Waals surface area contributed by atoms with Gasteiger partial charge in [0, 0.05) is 30.6 Å². The van der Waals surface area contributed by atoms with Gasteiger partial charge in [-0.3, -0.25) is 9.80 Å². The first-order chi connectivity index (χ1) is 12.9. The highest BCUT2D eigenvalue weighted by atomic mass is 35.5. The van der Waals surface area contributed by atoms with Crippen LogP contribution in [0.3, 0.4) is 0 Å². The maximum absolute atomic E-state index is 5.68. The van der Waals surface area contributed by atoms with E-state index in [1.54, 1.807) is 0 Å². The van der Waals surface area contributed by atoms with E-state index in [0.717, 1.165) is 29.5 Å². The van der Waals surface area contributed by atoms with E-state index < -0.39 is 0 Å². The lowest BCUT2D eigenvalue weighted by molar-refractivity contribution is -0.0223. The summed E-state index contributed by atoms with van der Waals surface area (Å²) in [4.78, 5) is 5.73. The van der Waals surface area contributed by atoms with Gasteiger partial charge < -0.3 is 14.8 Å². The number of nitrogens with zero attached hydrogens (tertiary/aromatic N) is 2. The van der Waals surface area contributed by atoms with Crippen LogP contribution in [0.4, 0.5) is 0 Å². The molecule has 5 saturated heterocycles. The summed E-state index contributed by atoms with van der Waals surface area (Å²) in [7, 11) is 0. The van der Waals surface area contributed by atoms with Crippen molar-refractivity contribution in [2.75, 3.05) is 39.5 Å². The molecule has 0 spiro atoms. The van der Waals surface area contributed by atoms with Crippen LogP contribution in [0.25, 0.3) is 0 Å². The van der Waals surface area contributed by atoms with Gasteiger partial charge in [0.2, 0.25) is 6.79 Å². The zero-order chi connectivity index (χ0) is 17.1. The number of benzene rings is 1. The number of nitrogens with one attached hydrogen (secondary N) is 1. The summed E-state index contributed by atoms with van der Waals surface area (Å²) in [5, 5.41) is 3.55. The number of ether oxygens (including phenoxy) is 2. The summed E-state index contributed by atoms with van der Waals surface area (Å²) in [5.74, 6) is 3.35. The SMILES string of the molecule is Cl.Cl.c1cc2c(cc1[C@@H]1CN(C3CCNCC3)[C@@H]3C4CCN(CC4)[C@@H]31)OCO2. The zero-order valence-electron chi connectivity index (χ0n) is 16.2. The van der Waals surface area contributed by atoms with Crippen molar-refractivity contribution in [1.29, 1.82) is 0 Å². The summed E-state index contributed by atoms with van der Waals surface area (Å²) in [6.07, 6.45) is 5.42. The topological polar surface area (TPSA) is 37.0 Å². The number of piperidine rings is 4. The fourth-order valence-electron chi connectivity index (χ4n) is 6.45. The minimum atomic E-state index is 0. The largest absolute Gasteiger partial charge is 0.454 e. The van der Waals surface area contributed by atoms with E-state index in [0.29, 0.717) is 18.8 Å². The first-order valence-electron chi connectivity index (χ1n) is 10.5. The first-order valence-corrected chi connectivity index (χ1v) is 10.5. The molecule has 5 fully saturated rings. The molecule has 1 aromatic carbocycles. The Morgan fingerprint density at radius 1 is 0.893 bits per heavy atom.